The first-order valence-corrected chi connectivity index (χ1v) is 9.65. The van der Waals surface area contributed by atoms with Gasteiger partial charge in [0.1, 0.15) is 0 Å². The minimum atomic E-state index is 0.603. The number of allylic oxidation sites excluding steroid dienone is 2. The van der Waals surface area contributed by atoms with Crippen molar-refractivity contribution < 1.29 is 0 Å². The molecule has 0 spiro atoms. The molecule has 128 valence electrons. The lowest BCUT2D eigenvalue weighted by Crippen LogP contribution is -2.23. The molecule has 2 aromatic rings. The molecule has 0 amide bonds. The second-order valence-corrected chi connectivity index (χ2v) is 7.82. The smallest absolute Gasteiger partial charge is 0.00574 e. The van der Waals surface area contributed by atoms with Crippen LogP contribution in [0.1, 0.15) is 64.0 Å². The van der Waals surface area contributed by atoms with Crippen LogP contribution in [0.4, 0.5) is 0 Å². The highest BCUT2D eigenvalue weighted by atomic mass is 14.3. The zero-order valence-electron chi connectivity index (χ0n) is 15.9. The van der Waals surface area contributed by atoms with Gasteiger partial charge in [0, 0.05) is 5.92 Å². The van der Waals surface area contributed by atoms with Crippen LogP contribution in [0, 0.1) is 5.92 Å². The third-order valence-electron chi connectivity index (χ3n) is 6.66. The molecule has 0 radical (unpaired) electrons. The molecule has 2 aliphatic carbocycles. The molecule has 2 aliphatic rings. The fourth-order valence-electron chi connectivity index (χ4n) is 4.90. The summed E-state index contributed by atoms with van der Waals surface area (Å²) in [7, 11) is 0. The summed E-state index contributed by atoms with van der Waals surface area (Å²) in [6.07, 6.45) is 3.75. The van der Waals surface area contributed by atoms with Crippen molar-refractivity contribution in [1.29, 1.82) is 0 Å². The van der Waals surface area contributed by atoms with Crippen LogP contribution in [0.15, 0.2) is 54.1 Å². The monoisotopic (exact) mass is 328 g/mol. The molecule has 0 fully saturated rings. The summed E-state index contributed by atoms with van der Waals surface area (Å²) >= 11 is 0. The molecule has 0 N–H and O–H groups in total. The standard InChI is InChI=1S/C25H28/c1-16-18(3)22(24-12-7-5-10-20(16)24)14-9-15-23-19(4)17(2)21-11-6-8-13-25(21)23/h5-8,10-13,18,23H,9,14-15H2,1-4H3. The van der Waals surface area contributed by atoms with Gasteiger partial charge in [-0.25, -0.2) is 0 Å². The molecule has 4 rings (SSSR count). The summed E-state index contributed by atoms with van der Waals surface area (Å²) in [6, 6.07) is 18.0. The Morgan fingerprint density at radius 2 is 1.48 bits per heavy atom. The van der Waals surface area contributed by atoms with Crippen LogP contribution in [0.5, 0.6) is 0 Å². The molecular weight excluding hydrogens is 300 g/mol. The average molecular weight is 328 g/mol. The first-order chi connectivity index (χ1) is 12.1. The van der Waals surface area contributed by atoms with Gasteiger partial charge in [0.05, 0.1) is 0 Å². The first-order valence-electron chi connectivity index (χ1n) is 9.65. The quantitative estimate of drug-likeness (QED) is 0.703. The molecule has 0 heteroatoms. The highest BCUT2D eigenvalue weighted by molar-refractivity contribution is 5.76. The van der Waals surface area contributed by atoms with E-state index < -0.39 is 0 Å². The van der Waals surface area contributed by atoms with Crippen molar-refractivity contribution in [3.63, 3.8) is 0 Å². The van der Waals surface area contributed by atoms with E-state index in [0.29, 0.717) is 11.8 Å². The zero-order chi connectivity index (χ0) is 17.6. The summed E-state index contributed by atoms with van der Waals surface area (Å²) in [4.78, 5) is 0. The van der Waals surface area contributed by atoms with Crippen molar-refractivity contribution in [2.24, 2.45) is 5.92 Å². The van der Waals surface area contributed by atoms with Gasteiger partial charge in [-0.15, -0.1) is 0 Å². The van der Waals surface area contributed by atoms with E-state index in [-0.39, 0.29) is 0 Å². The maximum Gasteiger partial charge on any atom is 0.00574 e. The maximum atomic E-state index is 2.38. The highest BCUT2D eigenvalue weighted by Crippen LogP contribution is 2.44. The molecule has 0 saturated heterocycles. The molecular formula is C25H28. The fourth-order valence-corrected chi connectivity index (χ4v) is 4.90. The Hall–Kier alpha value is -2.08. The van der Waals surface area contributed by atoms with Crippen molar-refractivity contribution >= 4 is 16.7 Å². The molecule has 0 bridgehead atoms. The van der Waals surface area contributed by atoms with E-state index in [2.05, 4.69) is 76.2 Å². The first kappa shape index (κ1) is 16.4. The van der Waals surface area contributed by atoms with Crippen molar-refractivity contribution in [2.75, 3.05) is 0 Å². The lowest BCUT2D eigenvalue weighted by Gasteiger charge is -2.16. The topological polar surface area (TPSA) is 0 Å². The van der Waals surface area contributed by atoms with Crippen LogP contribution in [-0.2, 0) is 0 Å². The lowest BCUT2D eigenvalue weighted by molar-refractivity contribution is 0.662. The van der Waals surface area contributed by atoms with Crippen molar-refractivity contribution in [1.82, 2.24) is 0 Å². The second kappa shape index (κ2) is 6.33. The Morgan fingerprint density at radius 1 is 0.800 bits per heavy atom. The van der Waals surface area contributed by atoms with E-state index in [0.717, 1.165) is 0 Å². The molecule has 0 saturated carbocycles. The normalized spacial score (nSPS) is 21.8. The molecule has 2 unspecified atom stereocenters. The van der Waals surface area contributed by atoms with Crippen LogP contribution in [0.2, 0.25) is 0 Å². The Kier molecular flexibility index (Phi) is 4.15. The van der Waals surface area contributed by atoms with E-state index in [1.165, 1.54) is 40.8 Å². The molecule has 25 heavy (non-hydrogen) atoms. The number of hydrogen-bond acceptors (Lipinski definition) is 0. The zero-order valence-corrected chi connectivity index (χ0v) is 15.9. The third-order valence-corrected chi connectivity index (χ3v) is 6.66. The molecule has 2 atom stereocenters. The van der Waals surface area contributed by atoms with Crippen LogP contribution >= 0.6 is 0 Å². The number of hydrogen-bond donors (Lipinski definition) is 0. The van der Waals surface area contributed by atoms with Gasteiger partial charge < -0.3 is 0 Å². The van der Waals surface area contributed by atoms with Crippen molar-refractivity contribution in [2.45, 2.75) is 52.9 Å². The van der Waals surface area contributed by atoms with Crippen molar-refractivity contribution in [3.8, 4) is 0 Å². The van der Waals surface area contributed by atoms with Crippen LogP contribution in [0.25, 0.3) is 16.7 Å². The largest absolute Gasteiger partial charge is 0.0623 e. The van der Waals surface area contributed by atoms with Crippen LogP contribution < -0.4 is 10.4 Å². The molecule has 0 aliphatic heterocycles. The Labute approximate surface area is 151 Å². The summed E-state index contributed by atoms with van der Waals surface area (Å²) in [5.74, 6) is 1.22. The van der Waals surface area contributed by atoms with Gasteiger partial charge in [-0.2, -0.15) is 0 Å². The summed E-state index contributed by atoms with van der Waals surface area (Å²) in [5.41, 5.74) is 9.29. The van der Waals surface area contributed by atoms with Crippen LogP contribution in [-0.4, -0.2) is 0 Å². The average Bonchev–Trinajstić information content (AvgIpc) is 3.03. The van der Waals surface area contributed by atoms with Gasteiger partial charge in [0.15, 0.2) is 0 Å². The van der Waals surface area contributed by atoms with E-state index in [1.54, 1.807) is 22.3 Å². The van der Waals surface area contributed by atoms with Crippen molar-refractivity contribution in [3.05, 3.63) is 75.7 Å². The number of rotatable bonds is 4. The Morgan fingerprint density at radius 3 is 2.28 bits per heavy atom. The van der Waals surface area contributed by atoms with E-state index in [9.17, 15) is 0 Å². The maximum absolute atomic E-state index is 2.38. The van der Waals surface area contributed by atoms with Gasteiger partial charge >= 0.3 is 0 Å². The van der Waals surface area contributed by atoms with Gasteiger partial charge in [0.2, 0.25) is 0 Å². The van der Waals surface area contributed by atoms with Gasteiger partial charge in [-0.1, -0.05) is 72.2 Å². The highest BCUT2D eigenvalue weighted by Gasteiger charge is 2.26. The Balaban J connectivity index is 1.55. The fraction of sp³-hybridized carbons (Fsp3) is 0.360. The van der Waals surface area contributed by atoms with Crippen LogP contribution in [0.3, 0.4) is 0 Å². The Bertz CT molecular complexity index is 971. The molecule has 0 nitrogen and oxygen atoms in total. The minimum Gasteiger partial charge on any atom is -0.0623 e. The number of fused-ring (bicyclic) bond motifs is 2. The third kappa shape index (κ3) is 2.59. The van der Waals surface area contributed by atoms with E-state index >= 15 is 0 Å². The van der Waals surface area contributed by atoms with E-state index in [1.807, 2.05) is 0 Å². The van der Waals surface area contributed by atoms with Gasteiger partial charge in [-0.05, 0) is 73.1 Å². The summed E-state index contributed by atoms with van der Waals surface area (Å²) < 4.78 is 0. The van der Waals surface area contributed by atoms with Gasteiger partial charge in [0.25, 0.3) is 0 Å². The summed E-state index contributed by atoms with van der Waals surface area (Å²) in [6.45, 7) is 9.31. The molecule has 0 heterocycles. The van der Waals surface area contributed by atoms with Gasteiger partial charge in [-0.3, -0.25) is 0 Å². The predicted octanol–water partition coefficient (Wildman–Crippen LogP) is 5.42. The summed E-state index contributed by atoms with van der Waals surface area (Å²) in [5, 5.41) is 2.98. The molecule has 0 aromatic heterocycles. The minimum absolute atomic E-state index is 0.603. The number of benzene rings is 2. The van der Waals surface area contributed by atoms with E-state index in [4.69, 9.17) is 0 Å². The molecule has 2 aromatic carbocycles. The predicted molar refractivity (Wildman–Crippen MR) is 109 cm³/mol. The second-order valence-electron chi connectivity index (χ2n) is 7.82. The SMILES string of the molecule is CC1=C(C)C(CCCC2=c3ccccc3=C(C)C2C)c2ccccc21. The lowest BCUT2D eigenvalue weighted by atomic mass is 9.88.